The normalized spacial score (nSPS) is 15.1. The van der Waals surface area contributed by atoms with Crippen molar-refractivity contribution in [3.05, 3.63) is 65.3 Å². The van der Waals surface area contributed by atoms with Crippen LogP contribution < -0.4 is 4.90 Å². The summed E-state index contributed by atoms with van der Waals surface area (Å²) in [5.74, 6) is 0. The minimum absolute atomic E-state index is 0.727. The zero-order valence-electron chi connectivity index (χ0n) is 16.0. The standard InChI is InChI=1S/C23H25ClN4/c24-21-4-3-5-22(17-21)27-14-12-26(13-15-27)9-1-2-10-28-11-8-20-7-6-19(18-25)16-23(20)28/h3-8,11,16-17H,1-2,9-10,12-15H2. The fourth-order valence-corrected chi connectivity index (χ4v) is 4.15. The van der Waals surface area contributed by atoms with E-state index in [1.165, 1.54) is 17.5 Å². The third-order valence-electron chi connectivity index (χ3n) is 5.57. The molecular formula is C23H25ClN4. The average Bonchev–Trinajstić information content (AvgIpc) is 3.14. The van der Waals surface area contributed by atoms with Crippen molar-refractivity contribution in [2.24, 2.45) is 0 Å². The maximum absolute atomic E-state index is 9.11. The van der Waals surface area contributed by atoms with Crippen molar-refractivity contribution in [2.45, 2.75) is 19.4 Å². The summed E-state index contributed by atoms with van der Waals surface area (Å²) < 4.78 is 2.27. The first-order valence-corrected chi connectivity index (χ1v) is 10.3. The minimum Gasteiger partial charge on any atom is -0.369 e. The molecule has 3 aromatic rings. The Hall–Kier alpha value is -2.48. The molecule has 1 aliphatic heterocycles. The molecule has 28 heavy (non-hydrogen) atoms. The Morgan fingerprint density at radius 2 is 1.75 bits per heavy atom. The van der Waals surface area contributed by atoms with Crippen LogP contribution in [0, 0.1) is 11.3 Å². The Morgan fingerprint density at radius 1 is 0.929 bits per heavy atom. The van der Waals surface area contributed by atoms with Crippen molar-refractivity contribution in [1.29, 1.82) is 5.26 Å². The van der Waals surface area contributed by atoms with Gasteiger partial charge in [0, 0.05) is 55.1 Å². The molecule has 0 atom stereocenters. The molecule has 1 saturated heterocycles. The molecule has 1 aliphatic rings. The third kappa shape index (κ3) is 4.32. The van der Waals surface area contributed by atoms with E-state index in [-0.39, 0.29) is 0 Å². The second-order valence-corrected chi connectivity index (χ2v) is 7.85. The number of aromatic nitrogens is 1. The number of anilines is 1. The van der Waals surface area contributed by atoms with Gasteiger partial charge in [0.1, 0.15) is 0 Å². The SMILES string of the molecule is N#Cc1ccc2ccn(CCCCN3CCN(c4cccc(Cl)c4)CC3)c2c1. The molecule has 0 unspecified atom stereocenters. The number of halogens is 1. The average molecular weight is 393 g/mol. The van der Waals surface area contributed by atoms with E-state index < -0.39 is 0 Å². The van der Waals surface area contributed by atoms with Gasteiger partial charge in [-0.25, -0.2) is 0 Å². The molecule has 4 nitrogen and oxygen atoms in total. The lowest BCUT2D eigenvalue weighted by atomic mass is 10.2. The van der Waals surface area contributed by atoms with Crippen LogP contribution >= 0.6 is 11.6 Å². The van der Waals surface area contributed by atoms with Crippen LogP contribution in [0.3, 0.4) is 0 Å². The largest absolute Gasteiger partial charge is 0.369 e. The predicted octanol–water partition coefficient (Wildman–Crippen LogP) is 4.77. The molecule has 0 N–H and O–H groups in total. The topological polar surface area (TPSA) is 35.2 Å². The van der Waals surface area contributed by atoms with Crippen molar-refractivity contribution < 1.29 is 0 Å². The van der Waals surface area contributed by atoms with Gasteiger partial charge in [0.2, 0.25) is 0 Å². The van der Waals surface area contributed by atoms with Crippen LogP contribution in [-0.4, -0.2) is 42.2 Å². The highest BCUT2D eigenvalue weighted by Crippen LogP contribution is 2.21. The molecule has 5 heteroatoms. The number of nitriles is 1. The molecule has 1 aromatic heterocycles. The van der Waals surface area contributed by atoms with Crippen LogP contribution in [0.1, 0.15) is 18.4 Å². The molecule has 2 heterocycles. The molecule has 0 amide bonds. The summed E-state index contributed by atoms with van der Waals surface area (Å²) in [4.78, 5) is 4.98. The molecule has 1 fully saturated rings. The van der Waals surface area contributed by atoms with E-state index >= 15 is 0 Å². The fourth-order valence-electron chi connectivity index (χ4n) is 3.97. The van der Waals surface area contributed by atoms with Gasteiger partial charge in [-0.3, -0.25) is 4.90 Å². The number of aryl methyl sites for hydroxylation is 1. The van der Waals surface area contributed by atoms with E-state index in [0.717, 1.165) is 61.8 Å². The minimum atomic E-state index is 0.727. The predicted molar refractivity (Wildman–Crippen MR) is 116 cm³/mol. The van der Waals surface area contributed by atoms with Crippen LogP contribution in [-0.2, 0) is 6.54 Å². The summed E-state index contributed by atoms with van der Waals surface area (Å²) in [5.41, 5.74) is 3.11. The lowest BCUT2D eigenvalue weighted by Gasteiger charge is -2.36. The van der Waals surface area contributed by atoms with E-state index in [1.54, 1.807) is 0 Å². The Labute approximate surface area is 171 Å². The van der Waals surface area contributed by atoms with Gasteiger partial charge in [0.05, 0.1) is 11.6 Å². The highest BCUT2D eigenvalue weighted by molar-refractivity contribution is 6.30. The molecule has 0 spiro atoms. The number of hydrogen-bond acceptors (Lipinski definition) is 3. The van der Waals surface area contributed by atoms with Crippen LogP contribution in [0.15, 0.2) is 54.7 Å². The number of unbranched alkanes of at least 4 members (excludes halogenated alkanes) is 1. The maximum Gasteiger partial charge on any atom is 0.0992 e. The Kier molecular flexibility index (Phi) is 5.85. The second-order valence-electron chi connectivity index (χ2n) is 7.41. The fraction of sp³-hybridized carbons (Fsp3) is 0.348. The molecule has 2 aromatic carbocycles. The first-order valence-electron chi connectivity index (χ1n) is 9.95. The number of nitrogens with zero attached hydrogens (tertiary/aromatic N) is 4. The Morgan fingerprint density at radius 3 is 2.54 bits per heavy atom. The van der Waals surface area contributed by atoms with Gasteiger partial charge in [-0.05, 0) is 61.2 Å². The van der Waals surface area contributed by atoms with E-state index in [4.69, 9.17) is 16.9 Å². The summed E-state index contributed by atoms with van der Waals surface area (Å²) in [6, 6.07) is 18.4. The number of benzene rings is 2. The first-order chi connectivity index (χ1) is 13.7. The molecule has 0 radical (unpaired) electrons. The van der Waals surface area contributed by atoms with Gasteiger partial charge in [-0.15, -0.1) is 0 Å². The maximum atomic E-state index is 9.11. The van der Waals surface area contributed by atoms with Crippen molar-refractivity contribution in [3.63, 3.8) is 0 Å². The van der Waals surface area contributed by atoms with Gasteiger partial charge in [-0.2, -0.15) is 5.26 Å². The number of hydrogen-bond donors (Lipinski definition) is 0. The lowest BCUT2D eigenvalue weighted by Crippen LogP contribution is -2.46. The number of fused-ring (bicyclic) bond motifs is 1. The number of rotatable bonds is 6. The molecular weight excluding hydrogens is 368 g/mol. The van der Waals surface area contributed by atoms with Crippen molar-refractivity contribution in [2.75, 3.05) is 37.6 Å². The van der Waals surface area contributed by atoms with Gasteiger partial charge in [0.15, 0.2) is 0 Å². The van der Waals surface area contributed by atoms with E-state index in [2.05, 4.69) is 44.8 Å². The molecule has 4 rings (SSSR count). The van der Waals surface area contributed by atoms with Crippen molar-refractivity contribution in [3.8, 4) is 6.07 Å². The summed E-state index contributed by atoms with van der Waals surface area (Å²) >= 11 is 6.12. The van der Waals surface area contributed by atoms with Gasteiger partial charge in [0.25, 0.3) is 0 Å². The molecule has 0 bridgehead atoms. The van der Waals surface area contributed by atoms with Gasteiger partial charge in [-0.1, -0.05) is 23.7 Å². The van der Waals surface area contributed by atoms with E-state index in [9.17, 15) is 0 Å². The van der Waals surface area contributed by atoms with Gasteiger partial charge < -0.3 is 9.47 Å². The highest BCUT2D eigenvalue weighted by Gasteiger charge is 2.16. The van der Waals surface area contributed by atoms with Crippen LogP contribution in [0.5, 0.6) is 0 Å². The van der Waals surface area contributed by atoms with Crippen LogP contribution in [0.4, 0.5) is 5.69 Å². The van der Waals surface area contributed by atoms with Crippen molar-refractivity contribution in [1.82, 2.24) is 9.47 Å². The molecule has 144 valence electrons. The van der Waals surface area contributed by atoms with Gasteiger partial charge >= 0.3 is 0 Å². The molecule has 0 saturated carbocycles. The quantitative estimate of drug-likeness (QED) is 0.567. The summed E-state index contributed by atoms with van der Waals surface area (Å²) in [6.07, 6.45) is 4.47. The second kappa shape index (κ2) is 8.68. The van der Waals surface area contributed by atoms with Crippen LogP contribution in [0.25, 0.3) is 10.9 Å². The smallest absolute Gasteiger partial charge is 0.0992 e. The van der Waals surface area contributed by atoms with Crippen LogP contribution in [0.2, 0.25) is 5.02 Å². The molecule has 0 aliphatic carbocycles. The zero-order chi connectivity index (χ0) is 19.3. The number of piperazine rings is 1. The van der Waals surface area contributed by atoms with Crippen molar-refractivity contribution >= 4 is 28.2 Å². The van der Waals surface area contributed by atoms with E-state index in [0.29, 0.717) is 0 Å². The lowest BCUT2D eigenvalue weighted by molar-refractivity contribution is 0.251. The summed E-state index contributed by atoms with van der Waals surface area (Å²) in [5, 5.41) is 11.1. The Balaban J connectivity index is 1.23. The zero-order valence-corrected chi connectivity index (χ0v) is 16.8. The van der Waals surface area contributed by atoms with E-state index in [1.807, 2.05) is 30.3 Å². The third-order valence-corrected chi connectivity index (χ3v) is 5.81. The first kappa shape index (κ1) is 18.9. The monoisotopic (exact) mass is 392 g/mol. The Bertz CT molecular complexity index is 980. The summed E-state index contributed by atoms with van der Waals surface area (Å²) in [6.45, 7) is 6.46. The highest BCUT2D eigenvalue weighted by atomic mass is 35.5. The summed E-state index contributed by atoms with van der Waals surface area (Å²) in [7, 11) is 0.